The summed E-state index contributed by atoms with van der Waals surface area (Å²) in [6, 6.07) is 15.8. The summed E-state index contributed by atoms with van der Waals surface area (Å²) in [7, 11) is 1.71. The zero-order chi connectivity index (χ0) is 31.8. The summed E-state index contributed by atoms with van der Waals surface area (Å²) in [5.74, 6) is -3.83. The molecule has 2 aromatic rings. The number of piperidine rings is 1. The molecule has 1 aliphatic rings. The van der Waals surface area contributed by atoms with Crippen LogP contribution in [0.3, 0.4) is 0 Å². The molecule has 13 heteroatoms. The van der Waals surface area contributed by atoms with Crippen LogP contribution in [-0.2, 0) is 14.4 Å². The van der Waals surface area contributed by atoms with Crippen LogP contribution in [0.15, 0.2) is 54.6 Å². The van der Waals surface area contributed by atoms with Gasteiger partial charge in [-0.3, -0.25) is 25.5 Å². The summed E-state index contributed by atoms with van der Waals surface area (Å²) in [6.45, 7) is 4.76. The monoisotopic (exact) mass is 592 g/mol. The van der Waals surface area contributed by atoms with Gasteiger partial charge in [-0.25, -0.2) is 0 Å². The molecule has 0 spiro atoms. The molecule has 0 bridgehead atoms. The number of alkyl halides is 3. The summed E-state index contributed by atoms with van der Waals surface area (Å²) in [6.07, 6.45) is -3.75. The van der Waals surface area contributed by atoms with E-state index in [2.05, 4.69) is 0 Å². The Hall–Kier alpha value is -4.42. The number of carboxylic acid groups (broad SMARTS) is 2. The zero-order valence-electron chi connectivity index (χ0n) is 23.6. The minimum atomic E-state index is -5.19. The highest BCUT2D eigenvalue weighted by Crippen LogP contribution is 2.41. The fourth-order valence-corrected chi connectivity index (χ4v) is 5.00. The number of benzene rings is 2. The van der Waals surface area contributed by atoms with Crippen LogP contribution in [-0.4, -0.2) is 70.8 Å². The SMILES string of the molecule is CN(C(=O)c1ccc(C(N)=[NH2+])cc1)C(c1ccccc1)C(C)(C)C(=O)N1CCC(CC(=O)O)CC1.O=C([O-])C(F)(F)F. The molecule has 1 heterocycles. The number of hydrogen-bond donors (Lipinski definition) is 3. The number of halogens is 3. The molecule has 1 unspecified atom stereocenters. The van der Waals surface area contributed by atoms with E-state index in [-0.39, 0.29) is 30.0 Å². The number of carboxylic acids is 2. The first-order chi connectivity index (χ1) is 19.5. The second-order valence-electron chi connectivity index (χ2n) is 10.6. The van der Waals surface area contributed by atoms with Crippen molar-refractivity contribution >= 4 is 29.6 Å². The van der Waals surface area contributed by atoms with Crippen molar-refractivity contribution in [1.82, 2.24) is 9.80 Å². The first kappa shape index (κ1) is 33.8. The predicted molar refractivity (Wildman–Crippen MR) is 144 cm³/mol. The molecule has 3 rings (SSSR count). The van der Waals surface area contributed by atoms with E-state index in [1.807, 2.05) is 44.2 Å². The van der Waals surface area contributed by atoms with Gasteiger partial charge in [-0.1, -0.05) is 30.3 Å². The number of aliphatic carboxylic acids is 2. The number of carbonyl (C=O) groups excluding carboxylic acids is 3. The number of amidine groups is 1. The maximum Gasteiger partial charge on any atom is 0.430 e. The number of hydrogen-bond acceptors (Lipinski definition) is 5. The number of amides is 2. The molecule has 5 N–H and O–H groups in total. The van der Waals surface area contributed by atoms with Gasteiger partial charge in [0.15, 0.2) is 0 Å². The van der Waals surface area contributed by atoms with Gasteiger partial charge in [0.2, 0.25) is 5.91 Å². The van der Waals surface area contributed by atoms with Crippen molar-refractivity contribution in [3.63, 3.8) is 0 Å². The first-order valence-corrected chi connectivity index (χ1v) is 13.1. The lowest BCUT2D eigenvalue weighted by molar-refractivity contribution is -0.344. The predicted octanol–water partition coefficient (Wildman–Crippen LogP) is 1.00. The van der Waals surface area contributed by atoms with Gasteiger partial charge in [-0.2, -0.15) is 13.2 Å². The van der Waals surface area contributed by atoms with Gasteiger partial charge >= 0.3 is 12.1 Å². The molecule has 2 amide bonds. The fourth-order valence-electron chi connectivity index (χ4n) is 5.00. The van der Waals surface area contributed by atoms with Gasteiger partial charge < -0.3 is 24.8 Å². The normalized spacial score (nSPS) is 14.7. The standard InChI is InChI=1S/C27H34N4O4.C2HF3O2/c1-27(2,26(35)31-15-13-18(14-16-31)17-22(32)33)23(19-7-5-4-6-8-19)30(3)25(34)21-11-9-20(10-12-21)24(28)29;3-2(4,5)1(6)7/h4-12,18,23H,13-17H2,1-3H3,(H3,28,29)(H,32,33);(H,6,7). The van der Waals surface area contributed by atoms with E-state index in [9.17, 15) is 27.6 Å². The highest BCUT2D eigenvalue weighted by atomic mass is 19.4. The Morgan fingerprint density at radius 2 is 1.50 bits per heavy atom. The van der Waals surface area contributed by atoms with Crippen LogP contribution in [0.2, 0.25) is 0 Å². The molecule has 10 nitrogen and oxygen atoms in total. The Balaban J connectivity index is 0.000000782. The molecule has 0 aliphatic carbocycles. The first-order valence-electron chi connectivity index (χ1n) is 13.1. The van der Waals surface area contributed by atoms with Crippen LogP contribution in [0.5, 0.6) is 0 Å². The summed E-state index contributed by atoms with van der Waals surface area (Å²) in [4.78, 5) is 50.6. The van der Waals surface area contributed by atoms with Gasteiger partial charge in [0.25, 0.3) is 11.7 Å². The average molecular weight is 593 g/mol. The molecular weight excluding hydrogens is 557 g/mol. The molecule has 1 atom stereocenters. The van der Waals surface area contributed by atoms with Crippen LogP contribution in [0.4, 0.5) is 13.2 Å². The lowest BCUT2D eigenvalue weighted by Crippen LogP contribution is -2.51. The van der Waals surface area contributed by atoms with E-state index in [0.717, 1.165) is 5.56 Å². The third-order valence-electron chi connectivity index (χ3n) is 7.12. The smallest absolute Gasteiger partial charge is 0.430 e. The van der Waals surface area contributed by atoms with Gasteiger partial charge in [-0.05, 0) is 62.4 Å². The van der Waals surface area contributed by atoms with E-state index < -0.39 is 29.6 Å². The molecule has 0 radical (unpaired) electrons. The Labute approximate surface area is 241 Å². The van der Waals surface area contributed by atoms with Crippen molar-refractivity contribution in [3.8, 4) is 0 Å². The maximum absolute atomic E-state index is 13.8. The largest absolute Gasteiger partial charge is 0.542 e. The number of rotatable bonds is 8. The lowest BCUT2D eigenvalue weighted by Gasteiger charge is -2.43. The van der Waals surface area contributed by atoms with Crippen LogP contribution in [0.1, 0.15) is 60.6 Å². The van der Waals surface area contributed by atoms with E-state index in [1.54, 1.807) is 41.1 Å². The Bertz CT molecular complexity index is 1270. The summed E-state index contributed by atoms with van der Waals surface area (Å²) < 4.78 is 31.5. The number of likely N-dealkylation sites (tertiary alicyclic amines) is 1. The minimum Gasteiger partial charge on any atom is -0.542 e. The molecule has 1 aliphatic heterocycles. The molecule has 228 valence electrons. The van der Waals surface area contributed by atoms with Gasteiger partial charge in [0.05, 0.1) is 17.0 Å². The quantitative estimate of drug-likeness (QED) is 0.303. The highest BCUT2D eigenvalue weighted by molar-refractivity contribution is 5.97. The Morgan fingerprint density at radius 3 is 1.93 bits per heavy atom. The van der Waals surface area contributed by atoms with Crippen LogP contribution in [0.25, 0.3) is 0 Å². The summed E-state index contributed by atoms with van der Waals surface area (Å²) in [5.41, 5.74) is 6.69. The van der Waals surface area contributed by atoms with Gasteiger partial charge in [-0.15, -0.1) is 0 Å². The van der Waals surface area contributed by atoms with E-state index in [4.69, 9.17) is 26.2 Å². The molecule has 1 saturated heterocycles. The molecular formula is C29H35F3N4O6. The van der Waals surface area contributed by atoms with Crippen molar-refractivity contribution in [2.45, 2.75) is 45.3 Å². The number of carbonyl (C=O) groups is 4. The van der Waals surface area contributed by atoms with Crippen LogP contribution < -0.4 is 16.2 Å². The Morgan fingerprint density at radius 1 is 1.02 bits per heavy atom. The molecule has 42 heavy (non-hydrogen) atoms. The van der Waals surface area contributed by atoms with Gasteiger partial charge in [0, 0.05) is 32.1 Å². The van der Waals surface area contributed by atoms with Crippen LogP contribution >= 0.6 is 0 Å². The topological polar surface area (TPSA) is 170 Å². The average Bonchev–Trinajstić information content (AvgIpc) is 2.92. The van der Waals surface area contributed by atoms with Crippen molar-refractivity contribution in [3.05, 3.63) is 71.3 Å². The highest BCUT2D eigenvalue weighted by Gasteiger charge is 2.44. The summed E-state index contributed by atoms with van der Waals surface area (Å²) in [5, 5.41) is 23.5. The minimum absolute atomic E-state index is 0.0550. The molecule has 0 saturated carbocycles. The fraction of sp³-hybridized carbons (Fsp3) is 0.414. The van der Waals surface area contributed by atoms with E-state index >= 15 is 0 Å². The van der Waals surface area contributed by atoms with Gasteiger partial charge in [0.1, 0.15) is 5.97 Å². The van der Waals surface area contributed by atoms with Crippen molar-refractivity contribution in [1.29, 1.82) is 0 Å². The molecule has 2 aromatic carbocycles. The van der Waals surface area contributed by atoms with Crippen molar-refractivity contribution < 1.29 is 48.0 Å². The maximum atomic E-state index is 13.8. The van der Waals surface area contributed by atoms with E-state index in [0.29, 0.717) is 37.1 Å². The molecule has 1 fully saturated rings. The third-order valence-corrected chi connectivity index (χ3v) is 7.12. The number of nitrogens with two attached hydrogens (primary N) is 2. The Kier molecular flexibility index (Phi) is 11.2. The third kappa shape index (κ3) is 8.79. The molecule has 0 aromatic heterocycles. The summed E-state index contributed by atoms with van der Waals surface area (Å²) >= 11 is 0. The number of nitrogens with zero attached hydrogens (tertiary/aromatic N) is 2. The second-order valence-corrected chi connectivity index (χ2v) is 10.6. The lowest BCUT2D eigenvalue weighted by atomic mass is 9.77. The zero-order valence-corrected chi connectivity index (χ0v) is 23.6. The van der Waals surface area contributed by atoms with E-state index in [1.165, 1.54) is 0 Å². The van der Waals surface area contributed by atoms with Crippen molar-refractivity contribution in [2.24, 2.45) is 17.1 Å². The van der Waals surface area contributed by atoms with Crippen molar-refractivity contribution in [2.75, 3.05) is 20.1 Å². The van der Waals surface area contributed by atoms with Crippen LogP contribution in [0, 0.1) is 11.3 Å². The second kappa shape index (κ2) is 14.0.